The summed E-state index contributed by atoms with van der Waals surface area (Å²) in [5.74, 6) is 4.21. The van der Waals surface area contributed by atoms with Gasteiger partial charge in [-0.05, 0) is 50.4 Å². The minimum atomic E-state index is 0.760. The van der Waals surface area contributed by atoms with E-state index in [9.17, 15) is 0 Å². The van der Waals surface area contributed by atoms with Crippen molar-refractivity contribution in [1.29, 1.82) is 0 Å². The molecular weight excluding hydrogens is 258 g/mol. The van der Waals surface area contributed by atoms with Crippen LogP contribution in [0.2, 0.25) is 0 Å². The number of rotatable bonds is 4. The first-order chi connectivity index (χ1) is 10.4. The average Bonchev–Trinajstić information content (AvgIpc) is 3.42. The summed E-state index contributed by atoms with van der Waals surface area (Å²) in [6, 6.07) is 0.815. The standard InChI is InChI=1S/C18H27N3/c1-2-4-14(3-1)18-20-15-11-19-10-9-16(15)21(18)17(12-5-6-12)13-7-8-13/h12-14,17,19H,1-11H2. The Kier molecular flexibility index (Phi) is 2.92. The Morgan fingerprint density at radius 3 is 2.38 bits per heavy atom. The number of nitrogens with zero attached hydrogens (tertiary/aromatic N) is 2. The summed E-state index contributed by atoms with van der Waals surface area (Å²) in [7, 11) is 0. The highest BCUT2D eigenvalue weighted by atomic mass is 15.2. The number of hydrogen-bond acceptors (Lipinski definition) is 2. The maximum Gasteiger partial charge on any atom is 0.112 e. The van der Waals surface area contributed by atoms with Crippen molar-refractivity contribution in [2.75, 3.05) is 6.54 Å². The molecule has 5 rings (SSSR count). The molecule has 1 aliphatic heterocycles. The molecule has 1 aromatic heterocycles. The Balaban J connectivity index is 1.60. The van der Waals surface area contributed by atoms with Crippen LogP contribution in [0.15, 0.2) is 0 Å². The predicted octanol–water partition coefficient (Wildman–Crippen LogP) is 3.55. The van der Waals surface area contributed by atoms with E-state index in [4.69, 9.17) is 4.98 Å². The topological polar surface area (TPSA) is 29.9 Å². The van der Waals surface area contributed by atoms with Crippen LogP contribution in [0, 0.1) is 11.8 Å². The molecule has 3 nitrogen and oxygen atoms in total. The lowest BCUT2D eigenvalue weighted by Gasteiger charge is -2.26. The van der Waals surface area contributed by atoms with Gasteiger partial charge in [0.05, 0.1) is 5.69 Å². The van der Waals surface area contributed by atoms with E-state index in [-0.39, 0.29) is 0 Å². The molecule has 21 heavy (non-hydrogen) atoms. The highest BCUT2D eigenvalue weighted by molar-refractivity contribution is 5.25. The molecule has 1 N–H and O–H groups in total. The van der Waals surface area contributed by atoms with Crippen LogP contribution in [-0.4, -0.2) is 16.1 Å². The Labute approximate surface area is 127 Å². The number of fused-ring (bicyclic) bond motifs is 1. The van der Waals surface area contributed by atoms with Crippen LogP contribution in [-0.2, 0) is 13.0 Å². The van der Waals surface area contributed by atoms with E-state index in [1.165, 1.54) is 69.3 Å². The van der Waals surface area contributed by atoms with E-state index in [1.54, 1.807) is 5.69 Å². The molecule has 4 aliphatic rings. The molecule has 3 fully saturated rings. The Morgan fingerprint density at radius 1 is 1.00 bits per heavy atom. The van der Waals surface area contributed by atoms with Gasteiger partial charge >= 0.3 is 0 Å². The van der Waals surface area contributed by atoms with E-state index in [0.29, 0.717) is 0 Å². The van der Waals surface area contributed by atoms with Gasteiger partial charge < -0.3 is 9.88 Å². The second kappa shape index (κ2) is 4.84. The lowest BCUT2D eigenvalue weighted by atomic mass is 10.0. The largest absolute Gasteiger partial charge is 0.328 e. The van der Waals surface area contributed by atoms with Crippen molar-refractivity contribution < 1.29 is 0 Å². The first-order valence-corrected chi connectivity index (χ1v) is 9.22. The van der Waals surface area contributed by atoms with Gasteiger partial charge in [0.15, 0.2) is 0 Å². The van der Waals surface area contributed by atoms with E-state index in [0.717, 1.165) is 36.9 Å². The maximum absolute atomic E-state index is 5.17. The zero-order chi connectivity index (χ0) is 13.8. The molecule has 0 aromatic carbocycles. The zero-order valence-electron chi connectivity index (χ0n) is 13.0. The lowest BCUT2D eigenvalue weighted by Crippen LogP contribution is -2.27. The van der Waals surface area contributed by atoms with Crippen LogP contribution in [0.5, 0.6) is 0 Å². The fourth-order valence-electron chi connectivity index (χ4n) is 4.84. The molecular formula is C18H27N3. The van der Waals surface area contributed by atoms with Crippen molar-refractivity contribution in [3.63, 3.8) is 0 Å². The summed E-state index contributed by atoms with van der Waals surface area (Å²) in [6.07, 6.45) is 12.7. The lowest BCUT2D eigenvalue weighted by molar-refractivity contribution is 0.362. The van der Waals surface area contributed by atoms with Crippen LogP contribution in [0.1, 0.15) is 80.5 Å². The van der Waals surface area contributed by atoms with Crippen molar-refractivity contribution in [3.05, 3.63) is 17.2 Å². The van der Waals surface area contributed by atoms with Crippen LogP contribution in [0.3, 0.4) is 0 Å². The van der Waals surface area contributed by atoms with Crippen LogP contribution in [0.25, 0.3) is 0 Å². The Hall–Kier alpha value is -0.830. The average molecular weight is 285 g/mol. The zero-order valence-corrected chi connectivity index (χ0v) is 13.0. The summed E-state index contributed by atoms with van der Waals surface area (Å²) >= 11 is 0. The number of imidazole rings is 1. The fourth-order valence-corrected chi connectivity index (χ4v) is 4.84. The van der Waals surface area contributed by atoms with Gasteiger partial charge in [-0.25, -0.2) is 4.98 Å². The van der Waals surface area contributed by atoms with Gasteiger partial charge in [0, 0.05) is 37.2 Å². The quantitative estimate of drug-likeness (QED) is 0.917. The fraction of sp³-hybridized carbons (Fsp3) is 0.833. The monoisotopic (exact) mass is 285 g/mol. The first kappa shape index (κ1) is 12.7. The highest BCUT2D eigenvalue weighted by Gasteiger charge is 2.45. The molecule has 3 aliphatic carbocycles. The van der Waals surface area contributed by atoms with Crippen LogP contribution < -0.4 is 5.32 Å². The third-order valence-electron chi connectivity index (χ3n) is 6.18. The van der Waals surface area contributed by atoms with Crippen molar-refractivity contribution in [3.8, 4) is 0 Å². The van der Waals surface area contributed by atoms with Gasteiger partial charge in [-0.2, -0.15) is 0 Å². The third kappa shape index (κ3) is 2.16. The summed E-state index contributed by atoms with van der Waals surface area (Å²) in [5, 5.41) is 3.52. The molecule has 3 saturated carbocycles. The Morgan fingerprint density at radius 2 is 1.71 bits per heavy atom. The van der Waals surface area contributed by atoms with E-state index < -0.39 is 0 Å². The van der Waals surface area contributed by atoms with Gasteiger partial charge in [-0.1, -0.05) is 12.8 Å². The summed E-state index contributed by atoms with van der Waals surface area (Å²) < 4.78 is 2.81. The maximum atomic E-state index is 5.17. The second-order valence-electron chi connectivity index (χ2n) is 7.81. The summed E-state index contributed by atoms with van der Waals surface area (Å²) in [6.45, 7) is 2.15. The molecule has 0 saturated heterocycles. The molecule has 0 amide bonds. The van der Waals surface area contributed by atoms with Crippen LogP contribution in [0.4, 0.5) is 0 Å². The predicted molar refractivity (Wildman–Crippen MR) is 83.3 cm³/mol. The first-order valence-electron chi connectivity index (χ1n) is 9.22. The normalized spacial score (nSPS) is 26.5. The molecule has 3 heteroatoms. The molecule has 0 bridgehead atoms. The number of hydrogen-bond donors (Lipinski definition) is 1. The summed E-state index contributed by atoms with van der Waals surface area (Å²) in [5.41, 5.74) is 2.99. The highest BCUT2D eigenvalue weighted by Crippen LogP contribution is 2.54. The van der Waals surface area contributed by atoms with Gasteiger partial charge in [0.1, 0.15) is 5.82 Å². The van der Waals surface area contributed by atoms with Gasteiger partial charge in [0.2, 0.25) is 0 Å². The molecule has 114 valence electrons. The van der Waals surface area contributed by atoms with Crippen molar-refractivity contribution in [1.82, 2.24) is 14.9 Å². The third-order valence-corrected chi connectivity index (χ3v) is 6.18. The molecule has 0 unspecified atom stereocenters. The van der Waals surface area contributed by atoms with E-state index in [2.05, 4.69) is 9.88 Å². The molecule has 2 heterocycles. The van der Waals surface area contributed by atoms with Gasteiger partial charge in [0.25, 0.3) is 0 Å². The van der Waals surface area contributed by atoms with Crippen molar-refractivity contribution >= 4 is 0 Å². The molecule has 0 radical (unpaired) electrons. The van der Waals surface area contributed by atoms with Gasteiger partial charge in [-0.15, -0.1) is 0 Å². The molecule has 0 atom stereocenters. The van der Waals surface area contributed by atoms with E-state index >= 15 is 0 Å². The number of aromatic nitrogens is 2. The minimum Gasteiger partial charge on any atom is -0.328 e. The second-order valence-corrected chi connectivity index (χ2v) is 7.81. The minimum absolute atomic E-state index is 0.760. The van der Waals surface area contributed by atoms with Crippen LogP contribution >= 0.6 is 0 Å². The Bertz CT molecular complexity index is 521. The SMILES string of the molecule is C1CCC(c2nc3c(n2C(C2CC2)C2CC2)CCNC3)C1. The van der Waals surface area contributed by atoms with Crippen molar-refractivity contribution in [2.45, 2.75) is 76.3 Å². The smallest absolute Gasteiger partial charge is 0.112 e. The van der Waals surface area contributed by atoms with E-state index in [1.807, 2.05) is 0 Å². The summed E-state index contributed by atoms with van der Waals surface area (Å²) in [4.78, 5) is 5.17. The molecule has 1 aromatic rings. The number of nitrogens with one attached hydrogen (secondary N) is 1. The van der Waals surface area contributed by atoms with Gasteiger partial charge in [-0.3, -0.25) is 0 Å². The molecule has 0 spiro atoms. The van der Waals surface area contributed by atoms with Crippen molar-refractivity contribution in [2.24, 2.45) is 11.8 Å².